The van der Waals surface area contributed by atoms with Crippen molar-refractivity contribution in [1.82, 2.24) is 9.55 Å². The first-order chi connectivity index (χ1) is 12.3. The minimum absolute atomic E-state index is 0.546. The highest BCUT2D eigenvalue weighted by atomic mass is 16.5. The van der Waals surface area contributed by atoms with Gasteiger partial charge in [0.1, 0.15) is 29.7 Å². The van der Waals surface area contributed by atoms with E-state index in [2.05, 4.69) is 23.6 Å². The molecule has 1 fully saturated rings. The number of benzene rings is 2. The molecule has 0 atom stereocenters. The second-order valence-electron chi connectivity index (χ2n) is 6.52. The Morgan fingerprint density at radius 2 is 1.80 bits per heavy atom. The normalized spacial score (nSPS) is 13.8. The molecule has 0 amide bonds. The van der Waals surface area contributed by atoms with Crippen molar-refractivity contribution in [2.24, 2.45) is 0 Å². The number of nitrogens with two attached hydrogens (primary N) is 1. The molecule has 0 spiro atoms. The van der Waals surface area contributed by atoms with Crippen molar-refractivity contribution < 1.29 is 4.74 Å². The van der Waals surface area contributed by atoms with Crippen LogP contribution in [0.25, 0.3) is 11.3 Å². The molecule has 25 heavy (non-hydrogen) atoms. The van der Waals surface area contributed by atoms with Crippen LogP contribution in [-0.2, 0) is 13.0 Å². The average Bonchev–Trinajstić information content (AvgIpc) is 3.44. The van der Waals surface area contributed by atoms with Crippen LogP contribution in [0, 0.1) is 0 Å². The molecular formula is C21H23N3O. The molecule has 1 saturated carbocycles. The first-order valence-corrected chi connectivity index (χ1v) is 8.90. The Bertz CT molecular complexity index is 849. The van der Waals surface area contributed by atoms with E-state index in [1.807, 2.05) is 42.5 Å². The van der Waals surface area contributed by atoms with Crippen molar-refractivity contribution in [3.63, 3.8) is 0 Å². The molecule has 1 aromatic heterocycles. The summed E-state index contributed by atoms with van der Waals surface area (Å²) in [5.41, 5.74) is 9.48. The van der Waals surface area contributed by atoms with Gasteiger partial charge >= 0.3 is 0 Å². The van der Waals surface area contributed by atoms with Crippen LogP contribution >= 0.6 is 0 Å². The molecule has 0 radical (unpaired) electrons. The van der Waals surface area contributed by atoms with Gasteiger partial charge in [0, 0.05) is 18.0 Å². The highest BCUT2D eigenvalue weighted by Crippen LogP contribution is 2.41. The molecular weight excluding hydrogens is 310 g/mol. The standard InChI is InChI=1S/C21H23N3O/c1-2-19-23-20(21(22)24(19)17-10-11-17)16-8-12-18(13-9-16)25-14-15-6-4-3-5-7-15/h3-9,12-13,17H,2,10-11,14,22H2,1H3. The Morgan fingerprint density at radius 1 is 1.08 bits per heavy atom. The van der Waals surface area contributed by atoms with E-state index in [0.717, 1.165) is 40.6 Å². The van der Waals surface area contributed by atoms with E-state index < -0.39 is 0 Å². The van der Waals surface area contributed by atoms with Crippen LogP contribution in [0.3, 0.4) is 0 Å². The van der Waals surface area contributed by atoms with Gasteiger partial charge < -0.3 is 15.0 Å². The summed E-state index contributed by atoms with van der Waals surface area (Å²) in [6.45, 7) is 2.70. The van der Waals surface area contributed by atoms with Gasteiger partial charge in [-0.2, -0.15) is 0 Å². The summed E-state index contributed by atoms with van der Waals surface area (Å²) in [5, 5.41) is 0. The highest BCUT2D eigenvalue weighted by Gasteiger charge is 2.29. The predicted octanol–water partition coefficient (Wildman–Crippen LogP) is 4.61. The summed E-state index contributed by atoms with van der Waals surface area (Å²) in [7, 11) is 0. The third-order valence-corrected chi connectivity index (χ3v) is 4.63. The van der Waals surface area contributed by atoms with Crippen molar-refractivity contribution in [2.45, 2.75) is 38.8 Å². The smallest absolute Gasteiger partial charge is 0.131 e. The molecule has 0 saturated heterocycles. The highest BCUT2D eigenvalue weighted by molar-refractivity contribution is 5.71. The molecule has 0 unspecified atom stereocenters. The Kier molecular flexibility index (Phi) is 4.18. The second kappa shape index (κ2) is 6.63. The molecule has 1 aliphatic rings. The van der Waals surface area contributed by atoms with Gasteiger partial charge in [-0.15, -0.1) is 0 Å². The maximum Gasteiger partial charge on any atom is 0.131 e. The molecule has 2 aromatic carbocycles. The summed E-state index contributed by atoms with van der Waals surface area (Å²) >= 11 is 0. The Morgan fingerprint density at radius 3 is 2.44 bits per heavy atom. The first-order valence-electron chi connectivity index (χ1n) is 8.90. The minimum Gasteiger partial charge on any atom is -0.489 e. The number of imidazole rings is 1. The molecule has 3 aromatic rings. The van der Waals surface area contributed by atoms with E-state index in [4.69, 9.17) is 15.5 Å². The number of nitrogens with zero attached hydrogens (tertiary/aromatic N) is 2. The van der Waals surface area contributed by atoms with E-state index in [9.17, 15) is 0 Å². The number of anilines is 1. The molecule has 4 nitrogen and oxygen atoms in total. The van der Waals surface area contributed by atoms with Crippen LogP contribution < -0.4 is 10.5 Å². The fraction of sp³-hybridized carbons (Fsp3) is 0.286. The van der Waals surface area contributed by atoms with Crippen molar-refractivity contribution in [3.8, 4) is 17.0 Å². The van der Waals surface area contributed by atoms with Gasteiger partial charge in [0.25, 0.3) is 0 Å². The molecule has 4 rings (SSSR count). The SMILES string of the molecule is CCc1nc(-c2ccc(OCc3ccccc3)cc2)c(N)n1C1CC1. The zero-order valence-corrected chi connectivity index (χ0v) is 14.5. The second-order valence-corrected chi connectivity index (χ2v) is 6.52. The van der Waals surface area contributed by atoms with Crippen molar-refractivity contribution in [3.05, 3.63) is 66.0 Å². The van der Waals surface area contributed by atoms with Crippen LogP contribution in [0.4, 0.5) is 5.82 Å². The lowest BCUT2D eigenvalue weighted by Gasteiger charge is -2.08. The largest absolute Gasteiger partial charge is 0.489 e. The van der Waals surface area contributed by atoms with E-state index in [0.29, 0.717) is 12.6 Å². The average molecular weight is 333 g/mol. The van der Waals surface area contributed by atoms with Crippen LogP contribution in [0.15, 0.2) is 54.6 Å². The monoisotopic (exact) mass is 333 g/mol. The number of rotatable bonds is 6. The molecule has 1 heterocycles. The minimum atomic E-state index is 0.546. The molecule has 4 heteroatoms. The lowest BCUT2D eigenvalue weighted by Crippen LogP contribution is -2.04. The van der Waals surface area contributed by atoms with Crippen LogP contribution in [-0.4, -0.2) is 9.55 Å². The number of hydrogen-bond acceptors (Lipinski definition) is 3. The third-order valence-electron chi connectivity index (χ3n) is 4.63. The number of ether oxygens (including phenoxy) is 1. The summed E-state index contributed by atoms with van der Waals surface area (Å²) in [6, 6.07) is 18.8. The van der Waals surface area contributed by atoms with Crippen LogP contribution in [0.5, 0.6) is 5.75 Å². The van der Waals surface area contributed by atoms with Gasteiger partial charge in [-0.3, -0.25) is 0 Å². The Labute approximate surface area is 148 Å². The summed E-state index contributed by atoms with van der Waals surface area (Å²) in [6.07, 6.45) is 3.32. The molecule has 0 aliphatic heterocycles. The Balaban J connectivity index is 1.52. The fourth-order valence-corrected chi connectivity index (χ4v) is 3.15. The summed E-state index contributed by atoms with van der Waals surface area (Å²) in [5.74, 6) is 2.72. The molecule has 2 N–H and O–H groups in total. The Hall–Kier alpha value is -2.75. The molecule has 1 aliphatic carbocycles. The fourth-order valence-electron chi connectivity index (χ4n) is 3.15. The van der Waals surface area contributed by atoms with E-state index >= 15 is 0 Å². The van der Waals surface area contributed by atoms with Gasteiger partial charge in [0.05, 0.1) is 0 Å². The van der Waals surface area contributed by atoms with Gasteiger partial charge in [-0.05, 0) is 42.7 Å². The number of hydrogen-bond donors (Lipinski definition) is 1. The third kappa shape index (κ3) is 3.25. The zero-order chi connectivity index (χ0) is 17.2. The van der Waals surface area contributed by atoms with E-state index in [-0.39, 0.29) is 0 Å². The molecule has 128 valence electrons. The predicted molar refractivity (Wildman–Crippen MR) is 100 cm³/mol. The molecule has 0 bridgehead atoms. The quantitative estimate of drug-likeness (QED) is 0.717. The number of aromatic nitrogens is 2. The van der Waals surface area contributed by atoms with E-state index in [1.54, 1.807) is 0 Å². The van der Waals surface area contributed by atoms with Gasteiger partial charge in [0.2, 0.25) is 0 Å². The lowest BCUT2D eigenvalue weighted by atomic mass is 10.1. The van der Waals surface area contributed by atoms with Crippen molar-refractivity contribution in [1.29, 1.82) is 0 Å². The van der Waals surface area contributed by atoms with E-state index in [1.165, 1.54) is 12.8 Å². The van der Waals surface area contributed by atoms with Crippen molar-refractivity contribution >= 4 is 5.82 Å². The maximum absolute atomic E-state index is 6.39. The maximum atomic E-state index is 6.39. The summed E-state index contributed by atoms with van der Waals surface area (Å²) in [4.78, 5) is 4.78. The number of aryl methyl sites for hydroxylation is 1. The van der Waals surface area contributed by atoms with Gasteiger partial charge in [-0.25, -0.2) is 4.98 Å². The van der Waals surface area contributed by atoms with Crippen LogP contribution in [0.2, 0.25) is 0 Å². The van der Waals surface area contributed by atoms with Gasteiger partial charge in [0.15, 0.2) is 0 Å². The lowest BCUT2D eigenvalue weighted by molar-refractivity contribution is 0.306. The topological polar surface area (TPSA) is 53.1 Å². The first kappa shape index (κ1) is 15.8. The van der Waals surface area contributed by atoms with Gasteiger partial charge in [-0.1, -0.05) is 37.3 Å². The van der Waals surface area contributed by atoms with Crippen LogP contribution in [0.1, 0.15) is 37.2 Å². The zero-order valence-electron chi connectivity index (χ0n) is 14.5. The number of nitrogen functional groups attached to an aromatic ring is 1. The summed E-state index contributed by atoms with van der Waals surface area (Å²) < 4.78 is 8.07. The van der Waals surface area contributed by atoms with Crippen molar-refractivity contribution in [2.75, 3.05) is 5.73 Å².